The van der Waals surface area contributed by atoms with E-state index in [1.54, 1.807) is 0 Å². The van der Waals surface area contributed by atoms with Crippen LogP contribution in [0.15, 0.2) is 12.5 Å². The van der Waals surface area contributed by atoms with Crippen LogP contribution < -0.4 is 5.73 Å². The lowest BCUT2D eigenvalue weighted by molar-refractivity contribution is -0.142. The highest BCUT2D eigenvalue weighted by Crippen LogP contribution is 2.32. The number of carbonyl (C=O) groups is 1. The molecule has 1 aromatic heterocycles. The molecule has 0 spiro atoms. The van der Waals surface area contributed by atoms with Gasteiger partial charge in [-0.25, -0.2) is 4.98 Å². The average Bonchev–Trinajstić information content (AvgIpc) is 2.73. The summed E-state index contributed by atoms with van der Waals surface area (Å²) in [7, 11) is 1.34. The van der Waals surface area contributed by atoms with Gasteiger partial charge in [-0.1, -0.05) is 20.8 Å². The highest BCUT2D eigenvalue weighted by atomic mass is 16.5. The number of carbonyl (C=O) groups excluding carboxylic acids is 1. The first-order valence-electron chi connectivity index (χ1n) is 6.92. The molecule has 5 heteroatoms. The predicted molar refractivity (Wildman–Crippen MR) is 79.3 cm³/mol. The third kappa shape index (κ3) is 4.63. The lowest BCUT2D eigenvalue weighted by Gasteiger charge is -2.33. The Hall–Kier alpha value is -1.36. The predicted octanol–water partition coefficient (Wildman–Crippen LogP) is 2.10. The van der Waals surface area contributed by atoms with Gasteiger partial charge in [-0.05, 0) is 25.7 Å². The normalized spacial score (nSPS) is 14.2. The first kappa shape index (κ1) is 16.7. The summed E-state index contributed by atoms with van der Waals surface area (Å²) in [6, 6.07) is -0.658. The molecule has 1 rings (SSSR count). The van der Waals surface area contributed by atoms with Gasteiger partial charge in [0.25, 0.3) is 0 Å². The molecule has 1 unspecified atom stereocenters. The summed E-state index contributed by atoms with van der Waals surface area (Å²) >= 11 is 0. The second-order valence-corrected chi connectivity index (χ2v) is 7.16. The third-order valence-corrected chi connectivity index (χ3v) is 3.23. The van der Waals surface area contributed by atoms with E-state index in [0.29, 0.717) is 6.42 Å². The van der Waals surface area contributed by atoms with Crippen LogP contribution in [0.1, 0.15) is 46.7 Å². The van der Waals surface area contributed by atoms with Gasteiger partial charge in [0.15, 0.2) is 0 Å². The molecule has 0 fully saturated rings. The Morgan fingerprint density at radius 3 is 2.50 bits per heavy atom. The summed E-state index contributed by atoms with van der Waals surface area (Å²) in [6.07, 6.45) is 5.20. The SMILES string of the molecule is COC(=O)C(N)Cc1cn(C(C)(C)CC(C)(C)C)cn1. The summed E-state index contributed by atoms with van der Waals surface area (Å²) in [4.78, 5) is 15.7. The lowest BCUT2D eigenvalue weighted by atomic mass is 9.81. The molecule has 0 aromatic carbocycles. The molecule has 1 aromatic rings. The fourth-order valence-electron chi connectivity index (χ4n) is 2.65. The molecule has 0 saturated carbocycles. The number of hydrogen-bond acceptors (Lipinski definition) is 4. The number of methoxy groups -OCH3 is 1. The minimum atomic E-state index is -0.658. The second kappa shape index (κ2) is 5.95. The largest absolute Gasteiger partial charge is 0.468 e. The Kier molecular flexibility index (Phi) is 4.97. The number of rotatable bonds is 5. The summed E-state index contributed by atoms with van der Waals surface area (Å²) in [5.41, 5.74) is 6.77. The summed E-state index contributed by atoms with van der Waals surface area (Å²) in [6.45, 7) is 11.0. The van der Waals surface area contributed by atoms with Crippen LogP contribution in [-0.2, 0) is 21.5 Å². The van der Waals surface area contributed by atoms with E-state index in [4.69, 9.17) is 5.73 Å². The van der Waals surface area contributed by atoms with E-state index >= 15 is 0 Å². The number of esters is 1. The van der Waals surface area contributed by atoms with Crippen molar-refractivity contribution >= 4 is 5.97 Å². The quantitative estimate of drug-likeness (QED) is 0.839. The summed E-state index contributed by atoms with van der Waals surface area (Å²) < 4.78 is 6.72. The van der Waals surface area contributed by atoms with Crippen LogP contribution in [0.25, 0.3) is 0 Å². The Labute approximate surface area is 121 Å². The molecule has 20 heavy (non-hydrogen) atoms. The standard InChI is InChI=1S/C15H27N3O2/c1-14(2,3)9-15(4,5)18-8-11(17-10-18)7-12(16)13(19)20-6/h8,10,12H,7,9,16H2,1-6H3. The molecular formula is C15H27N3O2. The van der Waals surface area contributed by atoms with Crippen LogP contribution in [-0.4, -0.2) is 28.7 Å². The molecule has 1 atom stereocenters. The molecule has 0 aliphatic carbocycles. The van der Waals surface area contributed by atoms with Crippen molar-refractivity contribution in [3.8, 4) is 0 Å². The number of nitrogens with zero attached hydrogens (tertiary/aromatic N) is 2. The molecular weight excluding hydrogens is 254 g/mol. The van der Waals surface area contributed by atoms with Crippen molar-refractivity contribution in [3.63, 3.8) is 0 Å². The molecule has 0 aliphatic rings. The van der Waals surface area contributed by atoms with E-state index < -0.39 is 12.0 Å². The van der Waals surface area contributed by atoms with Gasteiger partial charge < -0.3 is 15.0 Å². The first-order valence-corrected chi connectivity index (χ1v) is 6.92. The topological polar surface area (TPSA) is 70.1 Å². The molecule has 2 N–H and O–H groups in total. The number of hydrogen-bond donors (Lipinski definition) is 1. The van der Waals surface area contributed by atoms with Crippen molar-refractivity contribution < 1.29 is 9.53 Å². The summed E-state index contributed by atoms with van der Waals surface area (Å²) in [5, 5.41) is 0. The van der Waals surface area contributed by atoms with Crippen LogP contribution in [0.2, 0.25) is 0 Å². The molecule has 0 bridgehead atoms. The monoisotopic (exact) mass is 281 g/mol. The van der Waals surface area contributed by atoms with E-state index in [9.17, 15) is 4.79 Å². The van der Waals surface area contributed by atoms with Crippen LogP contribution in [0, 0.1) is 5.41 Å². The average molecular weight is 281 g/mol. The maximum absolute atomic E-state index is 11.3. The highest BCUT2D eigenvalue weighted by molar-refractivity contribution is 5.75. The van der Waals surface area contributed by atoms with Crippen LogP contribution in [0.5, 0.6) is 0 Å². The first-order chi connectivity index (χ1) is 9.05. The lowest BCUT2D eigenvalue weighted by Crippen LogP contribution is -2.34. The maximum Gasteiger partial charge on any atom is 0.323 e. The minimum absolute atomic E-state index is 0.0289. The van der Waals surface area contributed by atoms with Crippen LogP contribution in [0.3, 0.4) is 0 Å². The highest BCUT2D eigenvalue weighted by Gasteiger charge is 2.27. The number of ether oxygens (including phenoxy) is 1. The molecule has 1 heterocycles. The summed E-state index contributed by atoms with van der Waals surface area (Å²) in [5.74, 6) is -0.409. The Balaban J connectivity index is 2.79. The van der Waals surface area contributed by atoms with E-state index in [2.05, 4.69) is 48.9 Å². The number of imidazole rings is 1. The molecule has 0 radical (unpaired) electrons. The zero-order valence-corrected chi connectivity index (χ0v) is 13.4. The van der Waals surface area contributed by atoms with E-state index in [1.807, 2.05) is 12.5 Å². The molecule has 0 amide bonds. The van der Waals surface area contributed by atoms with Crippen molar-refractivity contribution in [1.82, 2.24) is 9.55 Å². The smallest absolute Gasteiger partial charge is 0.323 e. The van der Waals surface area contributed by atoms with Gasteiger partial charge in [-0.15, -0.1) is 0 Å². The number of aromatic nitrogens is 2. The maximum atomic E-state index is 11.3. The zero-order valence-electron chi connectivity index (χ0n) is 13.4. The van der Waals surface area contributed by atoms with Gasteiger partial charge in [-0.3, -0.25) is 4.79 Å². The van der Waals surface area contributed by atoms with E-state index in [-0.39, 0.29) is 11.0 Å². The second-order valence-electron chi connectivity index (χ2n) is 7.16. The fraction of sp³-hybridized carbons (Fsp3) is 0.733. The van der Waals surface area contributed by atoms with Gasteiger partial charge in [0.1, 0.15) is 6.04 Å². The Morgan fingerprint density at radius 2 is 2.00 bits per heavy atom. The molecule has 0 aliphatic heterocycles. The number of nitrogens with two attached hydrogens (primary N) is 1. The fourth-order valence-corrected chi connectivity index (χ4v) is 2.65. The third-order valence-electron chi connectivity index (χ3n) is 3.23. The minimum Gasteiger partial charge on any atom is -0.468 e. The molecule has 0 saturated heterocycles. The van der Waals surface area contributed by atoms with Crippen molar-refractivity contribution in [3.05, 3.63) is 18.2 Å². The van der Waals surface area contributed by atoms with Gasteiger partial charge in [-0.2, -0.15) is 0 Å². The van der Waals surface area contributed by atoms with Gasteiger partial charge in [0, 0.05) is 18.2 Å². The Morgan fingerprint density at radius 1 is 1.40 bits per heavy atom. The van der Waals surface area contributed by atoms with Gasteiger partial charge in [0.2, 0.25) is 0 Å². The molecule has 114 valence electrons. The van der Waals surface area contributed by atoms with Crippen LogP contribution in [0.4, 0.5) is 0 Å². The Bertz CT molecular complexity index is 458. The van der Waals surface area contributed by atoms with Crippen LogP contribution >= 0.6 is 0 Å². The van der Waals surface area contributed by atoms with Crippen molar-refractivity contribution in [1.29, 1.82) is 0 Å². The zero-order chi connectivity index (χ0) is 15.6. The molecule has 5 nitrogen and oxygen atoms in total. The van der Waals surface area contributed by atoms with E-state index in [0.717, 1.165) is 12.1 Å². The van der Waals surface area contributed by atoms with Crippen molar-refractivity contribution in [2.24, 2.45) is 11.1 Å². The van der Waals surface area contributed by atoms with Crippen molar-refractivity contribution in [2.75, 3.05) is 7.11 Å². The van der Waals surface area contributed by atoms with E-state index in [1.165, 1.54) is 7.11 Å². The van der Waals surface area contributed by atoms with Gasteiger partial charge >= 0.3 is 5.97 Å². The van der Waals surface area contributed by atoms with Crippen molar-refractivity contribution in [2.45, 2.75) is 59.0 Å². The van der Waals surface area contributed by atoms with Gasteiger partial charge in [0.05, 0.1) is 19.1 Å².